The van der Waals surface area contributed by atoms with Crippen molar-refractivity contribution < 1.29 is 14.4 Å². The van der Waals surface area contributed by atoms with Crippen molar-refractivity contribution in [2.45, 2.75) is 26.3 Å². The number of ketones is 1. The summed E-state index contributed by atoms with van der Waals surface area (Å²) in [6, 6.07) is 11.1. The maximum absolute atomic E-state index is 12.8. The number of anilines is 1. The number of benzene rings is 2. The van der Waals surface area contributed by atoms with Crippen molar-refractivity contribution in [3.63, 3.8) is 0 Å². The fourth-order valence-electron chi connectivity index (χ4n) is 3.56. The minimum Gasteiger partial charge on any atom is -0.341 e. The molecule has 0 radical (unpaired) electrons. The van der Waals surface area contributed by atoms with Crippen LogP contribution in [0, 0.1) is 0 Å². The lowest BCUT2D eigenvalue weighted by Crippen LogP contribution is -2.31. The van der Waals surface area contributed by atoms with Crippen LogP contribution in [0.2, 0.25) is 0 Å². The Morgan fingerprint density at radius 3 is 2.59 bits per heavy atom. The molecule has 0 aliphatic carbocycles. The van der Waals surface area contributed by atoms with Gasteiger partial charge in [0.05, 0.1) is 11.9 Å². The molecule has 8 nitrogen and oxygen atoms in total. The molecule has 1 aliphatic heterocycles. The molecule has 2 amide bonds. The summed E-state index contributed by atoms with van der Waals surface area (Å²) in [5.74, 6) is -0.665. The van der Waals surface area contributed by atoms with E-state index in [0.717, 1.165) is 36.7 Å². The van der Waals surface area contributed by atoms with Crippen LogP contribution in [0.1, 0.15) is 40.6 Å². The summed E-state index contributed by atoms with van der Waals surface area (Å²) in [5, 5.41) is 12.3. The van der Waals surface area contributed by atoms with Crippen LogP contribution in [0.4, 0.5) is 5.69 Å². The molecule has 0 unspecified atom stereocenters. The second-order valence-electron chi connectivity index (χ2n) is 7.11. The molecule has 8 heteroatoms. The highest BCUT2D eigenvalue weighted by molar-refractivity contribution is 6.15. The molecular formula is C21H21N5O3. The summed E-state index contributed by atoms with van der Waals surface area (Å²) in [6.07, 6.45) is 3.47. The largest absolute Gasteiger partial charge is 0.341 e. The first-order valence-corrected chi connectivity index (χ1v) is 9.55. The Kier molecular flexibility index (Phi) is 5.07. The predicted octanol–water partition coefficient (Wildman–Crippen LogP) is 2.51. The van der Waals surface area contributed by atoms with Crippen molar-refractivity contribution in [3.05, 3.63) is 53.9 Å². The lowest BCUT2D eigenvalue weighted by atomic mass is 10.0. The number of hydrogen-bond donors (Lipinski definition) is 1. The Balaban J connectivity index is 1.56. The molecule has 1 aromatic heterocycles. The van der Waals surface area contributed by atoms with Crippen molar-refractivity contribution >= 4 is 34.1 Å². The number of carbonyl (C=O) groups excluding carboxylic acids is 3. The molecule has 1 aliphatic rings. The molecule has 29 heavy (non-hydrogen) atoms. The summed E-state index contributed by atoms with van der Waals surface area (Å²) in [4.78, 5) is 38.8. The smallest absolute Gasteiger partial charge is 0.277 e. The first-order valence-electron chi connectivity index (χ1n) is 9.55. The highest BCUT2D eigenvalue weighted by Crippen LogP contribution is 2.28. The van der Waals surface area contributed by atoms with Gasteiger partial charge in [-0.15, -0.1) is 5.10 Å². The van der Waals surface area contributed by atoms with Crippen molar-refractivity contribution in [2.24, 2.45) is 0 Å². The van der Waals surface area contributed by atoms with Crippen LogP contribution in [0.15, 0.2) is 42.6 Å². The topological polar surface area (TPSA) is 97.2 Å². The van der Waals surface area contributed by atoms with Crippen molar-refractivity contribution in [1.29, 1.82) is 0 Å². The SMILES string of the molecule is CC(=O)c1ccc2ccccc2c1NC(=O)c1cn(CC(=O)N2CCCC2)nn1. The van der Waals surface area contributed by atoms with Gasteiger partial charge in [0.1, 0.15) is 6.54 Å². The second-order valence-corrected chi connectivity index (χ2v) is 7.11. The number of Topliss-reactive ketones (excluding diaryl/α,β-unsaturated/α-hetero) is 1. The van der Waals surface area contributed by atoms with Crippen molar-refractivity contribution in [1.82, 2.24) is 19.9 Å². The van der Waals surface area contributed by atoms with E-state index in [4.69, 9.17) is 0 Å². The van der Waals surface area contributed by atoms with Gasteiger partial charge in [0.15, 0.2) is 11.5 Å². The number of nitrogens with one attached hydrogen (secondary N) is 1. The molecule has 148 valence electrons. The third-order valence-corrected chi connectivity index (χ3v) is 5.07. The molecule has 3 aromatic rings. The van der Waals surface area contributed by atoms with Crippen LogP contribution in [0.25, 0.3) is 10.8 Å². The molecule has 0 atom stereocenters. The number of likely N-dealkylation sites (tertiary alicyclic amines) is 1. The summed E-state index contributed by atoms with van der Waals surface area (Å²) >= 11 is 0. The zero-order valence-corrected chi connectivity index (χ0v) is 16.1. The molecule has 1 saturated heterocycles. The Morgan fingerprint density at radius 2 is 1.83 bits per heavy atom. The van der Waals surface area contributed by atoms with Gasteiger partial charge in [0.2, 0.25) is 5.91 Å². The van der Waals surface area contributed by atoms with Gasteiger partial charge in [0, 0.05) is 24.0 Å². The Labute approximate surface area is 167 Å². The highest BCUT2D eigenvalue weighted by atomic mass is 16.2. The van der Waals surface area contributed by atoms with Gasteiger partial charge in [-0.05, 0) is 31.2 Å². The minimum atomic E-state index is -0.483. The number of amides is 2. The summed E-state index contributed by atoms with van der Waals surface area (Å²) in [7, 11) is 0. The van der Waals surface area contributed by atoms with E-state index < -0.39 is 5.91 Å². The fraction of sp³-hybridized carbons (Fsp3) is 0.286. The quantitative estimate of drug-likeness (QED) is 0.674. The number of fused-ring (bicyclic) bond motifs is 1. The van der Waals surface area contributed by atoms with E-state index in [2.05, 4.69) is 15.6 Å². The second kappa shape index (κ2) is 7.83. The number of rotatable bonds is 5. The number of aromatic nitrogens is 3. The van der Waals surface area contributed by atoms with Gasteiger partial charge in [-0.1, -0.05) is 35.5 Å². The maximum atomic E-state index is 12.8. The third-order valence-electron chi connectivity index (χ3n) is 5.07. The predicted molar refractivity (Wildman–Crippen MR) is 108 cm³/mol. The average molecular weight is 391 g/mol. The monoisotopic (exact) mass is 391 g/mol. The summed E-state index contributed by atoms with van der Waals surface area (Å²) in [6.45, 7) is 3.03. The van der Waals surface area contributed by atoms with Crippen molar-refractivity contribution in [2.75, 3.05) is 18.4 Å². The van der Waals surface area contributed by atoms with E-state index >= 15 is 0 Å². The molecule has 2 aromatic carbocycles. The van der Waals surface area contributed by atoms with Crippen LogP contribution in [-0.4, -0.2) is 50.6 Å². The van der Waals surface area contributed by atoms with E-state index in [1.54, 1.807) is 11.0 Å². The maximum Gasteiger partial charge on any atom is 0.277 e. The van der Waals surface area contributed by atoms with Crippen LogP contribution >= 0.6 is 0 Å². The van der Waals surface area contributed by atoms with Crippen LogP contribution in [-0.2, 0) is 11.3 Å². The first-order chi connectivity index (χ1) is 14.0. The van der Waals surface area contributed by atoms with Gasteiger partial charge in [-0.3, -0.25) is 14.4 Å². The average Bonchev–Trinajstić information content (AvgIpc) is 3.40. The van der Waals surface area contributed by atoms with Gasteiger partial charge in [0.25, 0.3) is 5.91 Å². The fourth-order valence-corrected chi connectivity index (χ4v) is 3.56. The van der Waals surface area contributed by atoms with Crippen LogP contribution < -0.4 is 5.32 Å². The first kappa shape index (κ1) is 18.8. The van der Waals surface area contributed by atoms with Crippen LogP contribution in [0.5, 0.6) is 0 Å². The lowest BCUT2D eigenvalue weighted by Gasteiger charge is -2.14. The van der Waals surface area contributed by atoms with Gasteiger partial charge < -0.3 is 10.2 Å². The van der Waals surface area contributed by atoms with E-state index in [-0.39, 0.29) is 23.9 Å². The molecule has 1 fully saturated rings. The van der Waals surface area contributed by atoms with Gasteiger partial charge >= 0.3 is 0 Å². The number of carbonyl (C=O) groups is 3. The molecule has 4 rings (SSSR count). The van der Waals surface area contributed by atoms with E-state index in [1.165, 1.54) is 17.8 Å². The van der Waals surface area contributed by atoms with Crippen LogP contribution in [0.3, 0.4) is 0 Å². The van der Waals surface area contributed by atoms with Gasteiger partial charge in [-0.2, -0.15) is 0 Å². The van der Waals surface area contributed by atoms with E-state index in [1.807, 2.05) is 30.3 Å². The molecule has 0 saturated carbocycles. The highest BCUT2D eigenvalue weighted by Gasteiger charge is 2.20. The number of hydrogen-bond acceptors (Lipinski definition) is 5. The standard InChI is InChI=1S/C21H21N5O3/c1-14(27)16-9-8-15-6-2-3-7-17(15)20(16)22-21(29)18-12-26(24-23-18)13-19(28)25-10-4-5-11-25/h2-3,6-9,12H,4-5,10-11,13H2,1H3,(H,22,29). The zero-order valence-electron chi connectivity index (χ0n) is 16.1. The normalized spacial score (nSPS) is 13.6. The third kappa shape index (κ3) is 3.87. The molecular weight excluding hydrogens is 370 g/mol. The Hall–Kier alpha value is -3.55. The lowest BCUT2D eigenvalue weighted by molar-refractivity contribution is -0.130. The molecule has 0 spiro atoms. The molecule has 2 heterocycles. The van der Waals surface area contributed by atoms with E-state index in [9.17, 15) is 14.4 Å². The molecule has 0 bridgehead atoms. The number of nitrogens with zero attached hydrogens (tertiary/aromatic N) is 4. The summed E-state index contributed by atoms with van der Waals surface area (Å²) in [5.41, 5.74) is 0.957. The minimum absolute atomic E-state index is 0.0349. The molecule has 1 N–H and O–H groups in total. The van der Waals surface area contributed by atoms with Gasteiger partial charge in [-0.25, -0.2) is 4.68 Å². The van der Waals surface area contributed by atoms with Crippen molar-refractivity contribution in [3.8, 4) is 0 Å². The Bertz CT molecular complexity index is 1100. The van der Waals surface area contributed by atoms with E-state index in [0.29, 0.717) is 11.3 Å². The summed E-state index contributed by atoms with van der Waals surface area (Å²) < 4.78 is 1.37. The zero-order chi connectivity index (χ0) is 20.4. The Morgan fingerprint density at radius 1 is 1.07 bits per heavy atom.